The summed E-state index contributed by atoms with van der Waals surface area (Å²) in [5.74, 6) is -0.126. The van der Waals surface area contributed by atoms with Crippen LogP contribution in [0.15, 0.2) is 67.0 Å². The molecule has 1 amide bonds. The van der Waals surface area contributed by atoms with E-state index in [1.807, 2.05) is 35.1 Å². The molecule has 2 aromatic carbocycles. The van der Waals surface area contributed by atoms with Crippen molar-refractivity contribution < 1.29 is 4.79 Å². The Balaban J connectivity index is 1.36. The van der Waals surface area contributed by atoms with Crippen LogP contribution in [0.4, 0.5) is 5.69 Å². The Hall–Kier alpha value is -3.14. The number of aromatic nitrogens is 2. The van der Waals surface area contributed by atoms with E-state index in [1.54, 1.807) is 18.3 Å². The summed E-state index contributed by atoms with van der Waals surface area (Å²) in [7, 11) is 0. The molecular formula is C22H21N3O. The molecular weight excluding hydrogens is 322 g/mol. The highest BCUT2D eigenvalue weighted by atomic mass is 16.1. The van der Waals surface area contributed by atoms with Gasteiger partial charge in [0, 0.05) is 23.5 Å². The van der Waals surface area contributed by atoms with Gasteiger partial charge < -0.3 is 5.32 Å². The monoisotopic (exact) mass is 343 g/mol. The first-order valence-electron chi connectivity index (χ1n) is 8.93. The smallest absolute Gasteiger partial charge is 0.248 e. The van der Waals surface area contributed by atoms with E-state index < -0.39 is 0 Å². The number of benzene rings is 2. The summed E-state index contributed by atoms with van der Waals surface area (Å²) in [5, 5.41) is 7.28. The van der Waals surface area contributed by atoms with Crippen molar-refractivity contribution in [2.24, 2.45) is 0 Å². The van der Waals surface area contributed by atoms with Crippen molar-refractivity contribution >= 4 is 17.7 Å². The first-order chi connectivity index (χ1) is 12.8. The summed E-state index contributed by atoms with van der Waals surface area (Å²) >= 11 is 0. The van der Waals surface area contributed by atoms with Gasteiger partial charge in [-0.2, -0.15) is 5.10 Å². The number of hydrogen-bond donors (Lipinski definition) is 1. The largest absolute Gasteiger partial charge is 0.323 e. The van der Waals surface area contributed by atoms with Crippen LogP contribution in [0.3, 0.4) is 0 Å². The zero-order valence-electron chi connectivity index (χ0n) is 14.6. The third-order valence-corrected chi connectivity index (χ3v) is 4.63. The van der Waals surface area contributed by atoms with Gasteiger partial charge in [0.1, 0.15) is 0 Å². The molecule has 1 heterocycles. The van der Waals surface area contributed by atoms with E-state index in [-0.39, 0.29) is 5.91 Å². The molecule has 0 bridgehead atoms. The van der Waals surface area contributed by atoms with Crippen LogP contribution in [0, 0.1) is 0 Å². The van der Waals surface area contributed by atoms with Crippen molar-refractivity contribution in [1.29, 1.82) is 0 Å². The standard InChI is InChI=1S/C22H21N3O/c26-22(24-21-11-10-19-7-4-8-20(19)13-21)12-9-18-14-23-25(16-18)15-17-5-2-1-3-6-17/h1-3,5-6,9-14,16H,4,7-8,15H2,(H,24,26)/b12-9+. The molecule has 4 rings (SSSR count). The summed E-state index contributed by atoms with van der Waals surface area (Å²) in [6, 6.07) is 16.4. The van der Waals surface area contributed by atoms with Gasteiger partial charge in [-0.05, 0) is 54.2 Å². The molecule has 0 saturated heterocycles. The average molecular weight is 343 g/mol. The van der Waals surface area contributed by atoms with Crippen LogP contribution in [0.25, 0.3) is 6.08 Å². The van der Waals surface area contributed by atoms with Gasteiger partial charge in [0.2, 0.25) is 5.91 Å². The van der Waals surface area contributed by atoms with E-state index in [0.717, 1.165) is 30.6 Å². The number of anilines is 1. The zero-order valence-corrected chi connectivity index (χ0v) is 14.6. The number of aryl methyl sites for hydroxylation is 2. The van der Waals surface area contributed by atoms with Crippen molar-refractivity contribution in [3.05, 3.63) is 89.3 Å². The second-order valence-electron chi connectivity index (χ2n) is 6.62. The lowest BCUT2D eigenvalue weighted by molar-refractivity contribution is -0.111. The van der Waals surface area contributed by atoms with Crippen LogP contribution in [0.5, 0.6) is 0 Å². The van der Waals surface area contributed by atoms with Crippen molar-refractivity contribution in [3.8, 4) is 0 Å². The number of carbonyl (C=O) groups excluding carboxylic acids is 1. The molecule has 1 aromatic heterocycles. The van der Waals surface area contributed by atoms with Gasteiger partial charge in [-0.25, -0.2) is 0 Å². The van der Waals surface area contributed by atoms with Crippen molar-refractivity contribution in [2.75, 3.05) is 5.32 Å². The number of carbonyl (C=O) groups is 1. The summed E-state index contributed by atoms with van der Waals surface area (Å²) in [6.45, 7) is 0.718. The van der Waals surface area contributed by atoms with E-state index in [2.05, 4.69) is 34.7 Å². The molecule has 0 radical (unpaired) electrons. The van der Waals surface area contributed by atoms with E-state index in [0.29, 0.717) is 0 Å². The molecule has 4 heteroatoms. The minimum Gasteiger partial charge on any atom is -0.323 e. The molecule has 26 heavy (non-hydrogen) atoms. The predicted molar refractivity (Wildman–Crippen MR) is 104 cm³/mol. The van der Waals surface area contributed by atoms with Crippen molar-refractivity contribution in [2.45, 2.75) is 25.8 Å². The van der Waals surface area contributed by atoms with Gasteiger partial charge in [-0.15, -0.1) is 0 Å². The maximum atomic E-state index is 12.2. The summed E-state index contributed by atoms with van der Waals surface area (Å²) in [5.41, 5.74) is 5.73. The van der Waals surface area contributed by atoms with Crippen molar-refractivity contribution in [1.82, 2.24) is 9.78 Å². The number of fused-ring (bicyclic) bond motifs is 1. The molecule has 0 fully saturated rings. The summed E-state index contributed by atoms with van der Waals surface area (Å²) in [6.07, 6.45) is 10.5. The number of hydrogen-bond acceptors (Lipinski definition) is 2. The highest BCUT2D eigenvalue weighted by Crippen LogP contribution is 2.24. The van der Waals surface area contributed by atoms with Crippen molar-refractivity contribution in [3.63, 3.8) is 0 Å². The lowest BCUT2D eigenvalue weighted by atomic mass is 10.1. The molecule has 4 nitrogen and oxygen atoms in total. The Morgan fingerprint density at radius 2 is 1.96 bits per heavy atom. The Morgan fingerprint density at radius 3 is 2.85 bits per heavy atom. The quantitative estimate of drug-likeness (QED) is 0.710. The second-order valence-corrected chi connectivity index (χ2v) is 6.62. The Morgan fingerprint density at radius 1 is 1.12 bits per heavy atom. The van der Waals surface area contributed by atoms with Crippen LogP contribution in [0.1, 0.15) is 28.7 Å². The molecule has 1 aliphatic carbocycles. The highest BCUT2D eigenvalue weighted by molar-refractivity contribution is 6.01. The third kappa shape index (κ3) is 3.91. The Labute approximate surface area is 153 Å². The van der Waals surface area contributed by atoms with Crippen LogP contribution >= 0.6 is 0 Å². The van der Waals surface area contributed by atoms with Crippen LogP contribution < -0.4 is 5.32 Å². The fourth-order valence-electron chi connectivity index (χ4n) is 3.33. The minimum absolute atomic E-state index is 0.126. The SMILES string of the molecule is O=C(/C=C/c1cnn(Cc2ccccc2)c1)Nc1ccc2c(c1)CCC2. The van der Waals surface area contributed by atoms with Gasteiger partial charge >= 0.3 is 0 Å². The molecule has 3 aromatic rings. The third-order valence-electron chi connectivity index (χ3n) is 4.63. The predicted octanol–water partition coefficient (Wildman–Crippen LogP) is 4.07. The zero-order chi connectivity index (χ0) is 17.8. The number of nitrogens with zero attached hydrogens (tertiary/aromatic N) is 2. The maximum Gasteiger partial charge on any atom is 0.248 e. The lowest BCUT2D eigenvalue weighted by Gasteiger charge is -2.05. The van der Waals surface area contributed by atoms with Crippen LogP contribution in [-0.4, -0.2) is 15.7 Å². The molecule has 0 aliphatic heterocycles. The summed E-state index contributed by atoms with van der Waals surface area (Å²) < 4.78 is 1.87. The Bertz CT molecular complexity index is 941. The molecule has 1 aliphatic rings. The van der Waals surface area contributed by atoms with Gasteiger partial charge in [0.25, 0.3) is 0 Å². The normalized spacial score (nSPS) is 13.1. The van der Waals surface area contributed by atoms with Gasteiger partial charge in [0.05, 0.1) is 12.7 Å². The van der Waals surface area contributed by atoms with Crippen LogP contribution in [-0.2, 0) is 24.2 Å². The number of rotatable bonds is 5. The topological polar surface area (TPSA) is 46.9 Å². The summed E-state index contributed by atoms with van der Waals surface area (Å²) in [4.78, 5) is 12.2. The first-order valence-corrected chi connectivity index (χ1v) is 8.93. The highest BCUT2D eigenvalue weighted by Gasteiger charge is 2.11. The lowest BCUT2D eigenvalue weighted by Crippen LogP contribution is -2.07. The number of amides is 1. The first kappa shape index (κ1) is 16.3. The second kappa shape index (κ2) is 7.40. The Kier molecular flexibility index (Phi) is 4.65. The maximum absolute atomic E-state index is 12.2. The van der Waals surface area contributed by atoms with Gasteiger partial charge in [0.15, 0.2) is 0 Å². The van der Waals surface area contributed by atoms with E-state index in [1.165, 1.54) is 23.1 Å². The van der Waals surface area contributed by atoms with E-state index >= 15 is 0 Å². The molecule has 1 N–H and O–H groups in total. The molecule has 0 unspecified atom stereocenters. The molecule has 130 valence electrons. The fourth-order valence-corrected chi connectivity index (χ4v) is 3.33. The average Bonchev–Trinajstić information content (AvgIpc) is 3.29. The van der Waals surface area contributed by atoms with Gasteiger partial charge in [-0.3, -0.25) is 9.48 Å². The molecule has 0 spiro atoms. The van der Waals surface area contributed by atoms with Crippen LogP contribution in [0.2, 0.25) is 0 Å². The molecule has 0 saturated carbocycles. The minimum atomic E-state index is -0.126. The van der Waals surface area contributed by atoms with E-state index in [9.17, 15) is 4.79 Å². The van der Waals surface area contributed by atoms with E-state index in [4.69, 9.17) is 0 Å². The number of nitrogens with one attached hydrogen (secondary N) is 1. The van der Waals surface area contributed by atoms with Gasteiger partial charge in [-0.1, -0.05) is 36.4 Å². The molecule has 0 atom stereocenters. The fraction of sp³-hybridized carbons (Fsp3) is 0.182.